The first-order valence-electron chi connectivity index (χ1n) is 7.40. The minimum Gasteiger partial charge on any atom is -0.479 e. The number of piperidine rings is 1. The smallest absolute Gasteiger partial charge is 0.341 e. The molecule has 2 aliphatic rings. The molecule has 8 heteroatoms. The summed E-state index contributed by atoms with van der Waals surface area (Å²) in [7, 11) is 0. The normalized spacial score (nSPS) is 28.1. The molecule has 2 heterocycles. The van der Waals surface area contributed by atoms with Gasteiger partial charge in [0.1, 0.15) is 0 Å². The first-order chi connectivity index (χ1) is 10.4. The number of aliphatic carboxylic acids is 2. The first kappa shape index (κ1) is 16.7. The van der Waals surface area contributed by atoms with Gasteiger partial charge >= 0.3 is 11.9 Å². The molecule has 2 N–H and O–H groups in total. The van der Waals surface area contributed by atoms with Crippen LogP contribution in [-0.2, 0) is 23.9 Å². The third kappa shape index (κ3) is 3.07. The van der Waals surface area contributed by atoms with Gasteiger partial charge in [-0.2, -0.15) is 0 Å². The molecule has 0 aromatic heterocycles. The highest BCUT2D eigenvalue weighted by molar-refractivity contribution is 6.06. The van der Waals surface area contributed by atoms with E-state index in [-0.39, 0.29) is 25.7 Å². The fourth-order valence-corrected chi connectivity index (χ4v) is 3.03. The van der Waals surface area contributed by atoms with E-state index >= 15 is 0 Å². The van der Waals surface area contributed by atoms with Crippen molar-refractivity contribution < 1.29 is 34.1 Å². The summed E-state index contributed by atoms with van der Waals surface area (Å²) in [5.74, 6) is -3.65. The second-order valence-corrected chi connectivity index (χ2v) is 5.69. The summed E-state index contributed by atoms with van der Waals surface area (Å²) in [4.78, 5) is 35.6. The molecular weight excluding hydrogens is 294 g/mol. The number of hydrogen-bond acceptors (Lipinski definition) is 5. The molecule has 2 aliphatic heterocycles. The lowest BCUT2D eigenvalue weighted by Crippen LogP contribution is -2.66. The fraction of sp³-hybridized carbons (Fsp3) is 0.786. The van der Waals surface area contributed by atoms with Crippen LogP contribution in [-0.4, -0.2) is 64.0 Å². The van der Waals surface area contributed by atoms with E-state index in [4.69, 9.17) is 9.47 Å². The summed E-state index contributed by atoms with van der Waals surface area (Å²) in [5.41, 5.74) is -2.21. The van der Waals surface area contributed by atoms with Gasteiger partial charge in [0.15, 0.2) is 6.29 Å². The molecule has 1 amide bonds. The number of carboxylic acids is 2. The highest BCUT2D eigenvalue weighted by atomic mass is 16.7. The number of carbonyl (C=O) groups excluding carboxylic acids is 1. The number of nitrogens with zero attached hydrogens (tertiary/aromatic N) is 1. The zero-order valence-corrected chi connectivity index (χ0v) is 12.5. The van der Waals surface area contributed by atoms with Gasteiger partial charge in [-0.15, -0.1) is 0 Å². The minimum absolute atomic E-state index is 0.0617. The van der Waals surface area contributed by atoms with Crippen LogP contribution in [0.15, 0.2) is 0 Å². The van der Waals surface area contributed by atoms with Crippen molar-refractivity contribution in [1.82, 2.24) is 4.90 Å². The van der Waals surface area contributed by atoms with Gasteiger partial charge in [-0.1, -0.05) is 0 Å². The van der Waals surface area contributed by atoms with E-state index in [1.165, 1.54) is 6.92 Å². The molecule has 2 saturated heterocycles. The first-order valence-corrected chi connectivity index (χ1v) is 7.40. The average Bonchev–Trinajstić information content (AvgIpc) is 2.47. The van der Waals surface area contributed by atoms with E-state index in [1.54, 1.807) is 0 Å². The molecule has 2 atom stereocenters. The summed E-state index contributed by atoms with van der Waals surface area (Å²) < 4.78 is 11.2. The van der Waals surface area contributed by atoms with E-state index in [1.807, 2.05) is 0 Å². The largest absolute Gasteiger partial charge is 0.479 e. The topological polar surface area (TPSA) is 113 Å². The standard InChI is InChI=1S/C14H21NO7/c1-9(16)15-8-10(22-11-4-2-3-7-21-11)5-6-14(15,12(17)18)13(19)20/h10-11H,2-8H2,1H3,(H,17,18)(H,19,20)/t10-,11?/m0/s1. The van der Waals surface area contributed by atoms with Crippen molar-refractivity contribution >= 4 is 17.8 Å². The predicted molar refractivity (Wildman–Crippen MR) is 73.1 cm³/mol. The van der Waals surface area contributed by atoms with Crippen LogP contribution >= 0.6 is 0 Å². The summed E-state index contributed by atoms with van der Waals surface area (Å²) in [6.45, 7) is 1.72. The van der Waals surface area contributed by atoms with Crippen molar-refractivity contribution in [3.8, 4) is 0 Å². The monoisotopic (exact) mass is 315 g/mol. The Morgan fingerprint density at radius 3 is 2.36 bits per heavy atom. The molecule has 0 radical (unpaired) electrons. The van der Waals surface area contributed by atoms with Crippen LogP contribution in [0.25, 0.3) is 0 Å². The van der Waals surface area contributed by atoms with Gasteiger partial charge in [-0.3, -0.25) is 4.79 Å². The van der Waals surface area contributed by atoms with Gasteiger partial charge in [0.05, 0.1) is 6.10 Å². The van der Waals surface area contributed by atoms with Gasteiger partial charge in [0.2, 0.25) is 11.4 Å². The van der Waals surface area contributed by atoms with Crippen molar-refractivity contribution in [2.24, 2.45) is 0 Å². The summed E-state index contributed by atoms with van der Waals surface area (Å²) >= 11 is 0. The molecule has 1 unspecified atom stereocenters. The maximum atomic E-state index is 11.8. The molecule has 22 heavy (non-hydrogen) atoms. The lowest BCUT2D eigenvalue weighted by molar-refractivity contribution is -0.209. The van der Waals surface area contributed by atoms with Crippen LogP contribution in [0.4, 0.5) is 0 Å². The second kappa shape index (κ2) is 6.62. The van der Waals surface area contributed by atoms with Crippen molar-refractivity contribution in [2.75, 3.05) is 13.2 Å². The van der Waals surface area contributed by atoms with Crippen molar-refractivity contribution in [1.29, 1.82) is 0 Å². The molecule has 0 aliphatic carbocycles. The summed E-state index contributed by atoms with van der Waals surface area (Å²) in [6, 6.07) is 0. The number of carboxylic acid groups (broad SMARTS) is 2. The molecule has 2 rings (SSSR count). The summed E-state index contributed by atoms with van der Waals surface area (Å²) in [6.07, 6.45) is 2.00. The Balaban J connectivity index is 2.11. The quantitative estimate of drug-likeness (QED) is 0.724. The SMILES string of the molecule is CC(=O)N1C[C@@H](OC2CCCCO2)CCC1(C(=O)O)C(=O)O. The van der Waals surface area contributed by atoms with E-state index in [0.29, 0.717) is 6.61 Å². The van der Waals surface area contributed by atoms with Gasteiger partial charge in [-0.25, -0.2) is 9.59 Å². The van der Waals surface area contributed by atoms with E-state index < -0.39 is 29.5 Å². The van der Waals surface area contributed by atoms with Gasteiger partial charge in [0, 0.05) is 20.1 Å². The van der Waals surface area contributed by atoms with Crippen LogP contribution in [0.3, 0.4) is 0 Å². The van der Waals surface area contributed by atoms with Crippen LogP contribution in [0.1, 0.15) is 39.0 Å². The maximum Gasteiger partial charge on any atom is 0.341 e. The number of rotatable bonds is 4. The van der Waals surface area contributed by atoms with Crippen molar-refractivity contribution in [3.63, 3.8) is 0 Å². The number of ether oxygens (including phenoxy) is 2. The molecule has 0 aromatic carbocycles. The lowest BCUT2D eigenvalue weighted by atomic mass is 9.85. The fourth-order valence-electron chi connectivity index (χ4n) is 3.03. The third-order valence-electron chi connectivity index (χ3n) is 4.24. The molecule has 0 bridgehead atoms. The van der Waals surface area contributed by atoms with Gasteiger partial charge < -0.3 is 24.6 Å². The van der Waals surface area contributed by atoms with Crippen molar-refractivity contribution in [2.45, 2.75) is 57.0 Å². The van der Waals surface area contributed by atoms with Crippen LogP contribution in [0, 0.1) is 0 Å². The molecule has 8 nitrogen and oxygen atoms in total. The highest BCUT2D eigenvalue weighted by Gasteiger charge is 2.56. The maximum absolute atomic E-state index is 11.8. The van der Waals surface area contributed by atoms with Crippen LogP contribution in [0.2, 0.25) is 0 Å². The number of amides is 1. The molecule has 2 fully saturated rings. The molecule has 0 saturated carbocycles. The molecule has 0 aromatic rings. The number of hydrogen-bond donors (Lipinski definition) is 2. The Bertz CT molecular complexity index is 444. The molecule has 124 valence electrons. The number of likely N-dealkylation sites (tertiary alicyclic amines) is 1. The Labute approximate surface area is 128 Å². The predicted octanol–water partition coefficient (Wildman–Crippen LogP) is 0.449. The Kier molecular flexibility index (Phi) is 5.02. The third-order valence-corrected chi connectivity index (χ3v) is 4.24. The van der Waals surface area contributed by atoms with E-state index in [9.17, 15) is 24.6 Å². The van der Waals surface area contributed by atoms with Crippen molar-refractivity contribution in [3.05, 3.63) is 0 Å². The average molecular weight is 315 g/mol. The van der Waals surface area contributed by atoms with E-state index in [0.717, 1.165) is 24.2 Å². The van der Waals surface area contributed by atoms with E-state index in [2.05, 4.69) is 0 Å². The van der Waals surface area contributed by atoms with Crippen LogP contribution in [0.5, 0.6) is 0 Å². The van der Waals surface area contributed by atoms with Gasteiger partial charge in [0.25, 0.3) is 0 Å². The molecular formula is C14H21NO7. The highest BCUT2D eigenvalue weighted by Crippen LogP contribution is 2.32. The Morgan fingerprint density at radius 1 is 1.18 bits per heavy atom. The zero-order chi connectivity index (χ0) is 16.3. The minimum atomic E-state index is -2.21. The Hall–Kier alpha value is -1.67. The lowest BCUT2D eigenvalue weighted by Gasteiger charge is -2.44. The van der Waals surface area contributed by atoms with Crippen LogP contribution < -0.4 is 0 Å². The second-order valence-electron chi connectivity index (χ2n) is 5.69. The summed E-state index contributed by atoms with van der Waals surface area (Å²) in [5, 5.41) is 18.7. The zero-order valence-electron chi connectivity index (χ0n) is 12.5. The molecule has 0 spiro atoms. The Morgan fingerprint density at radius 2 is 1.86 bits per heavy atom. The number of carbonyl (C=O) groups is 3. The van der Waals surface area contributed by atoms with Gasteiger partial charge in [-0.05, 0) is 32.1 Å².